The van der Waals surface area contributed by atoms with Crippen LogP contribution in [0.1, 0.15) is 19.8 Å². The molecule has 0 bridgehead atoms. The third-order valence-corrected chi connectivity index (χ3v) is 1.47. The van der Waals surface area contributed by atoms with E-state index in [0.29, 0.717) is 12.8 Å². The number of ether oxygens (including phenoxy) is 1. The van der Waals surface area contributed by atoms with Crippen LogP contribution in [0.15, 0.2) is 0 Å². The van der Waals surface area contributed by atoms with E-state index in [9.17, 15) is 9.59 Å². The van der Waals surface area contributed by atoms with Crippen molar-refractivity contribution in [3.05, 3.63) is 0 Å². The summed E-state index contributed by atoms with van der Waals surface area (Å²) in [5, 5.41) is 8.54. The summed E-state index contributed by atoms with van der Waals surface area (Å²) in [6.07, 6.45) is 1.13. The molecular weight excluding hydrogens is 174 g/mol. The van der Waals surface area contributed by atoms with Crippen molar-refractivity contribution in [1.82, 2.24) is 0 Å². The van der Waals surface area contributed by atoms with E-state index in [4.69, 9.17) is 10.8 Å². The molecular formula is C8H15NO4. The number of Topliss-reactive ketones (excluding diaryl/α,β-unsaturated/α-hetero) is 1. The molecule has 0 aliphatic heterocycles. The van der Waals surface area contributed by atoms with E-state index in [-0.39, 0.29) is 19.3 Å². The lowest BCUT2D eigenvalue weighted by atomic mass is 10.2. The van der Waals surface area contributed by atoms with Gasteiger partial charge < -0.3 is 15.6 Å². The van der Waals surface area contributed by atoms with E-state index in [1.54, 1.807) is 0 Å². The number of carbonyl (C=O) groups excluding carboxylic acids is 2. The van der Waals surface area contributed by atoms with Gasteiger partial charge >= 0.3 is 5.97 Å². The second-order valence-electron chi connectivity index (χ2n) is 2.78. The molecule has 0 fully saturated rings. The van der Waals surface area contributed by atoms with Crippen LogP contribution in [-0.2, 0) is 14.3 Å². The van der Waals surface area contributed by atoms with E-state index < -0.39 is 11.8 Å². The van der Waals surface area contributed by atoms with Crippen molar-refractivity contribution >= 4 is 11.8 Å². The molecule has 3 N–H and O–H groups in total. The fraction of sp³-hybridized carbons (Fsp3) is 0.750. The Morgan fingerprint density at radius 1 is 1.54 bits per heavy atom. The smallest absolute Gasteiger partial charge is 0.374 e. The van der Waals surface area contributed by atoms with Crippen LogP contribution in [0.25, 0.3) is 0 Å². The summed E-state index contributed by atoms with van der Waals surface area (Å²) in [5.41, 5.74) is 5.39. The lowest BCUT2D eigenvalue weighted by molar-refractivity contribution is -0.153. The van der Waals surface area contributed by atoms with Crippen LogP contribution in [0.5, 0.6) is 0 Å². The summed E-state index contributed by atoms with van der Waals surface area (Å²) in [5.74, 6) is -1.43. The molecule has 0 aliphatic carbocycles. The second kappa shape index (κ2) is 6.56. The number of hydrogen-bond acceptors (Lipinski definition) is 5. The van der Waals surface area contributed by atoms with Crippen molar-refractivity contribution in [1.29, 1.82) is 0 Å². The normalized spacial score (nSPS) is 12.2. The lowest BCUT2D eigenvalue weighted by Crippen LogP contribution is -2.25. The van der Waals surface area contributed by atoms with E-state index in [1.165, 1.54) is 0 Å². The van der Waals surface area contributed by atoms with Gasteiger partial charge in [0.25, 0.3) is 0 Å². The summed E-state index contributed by atoms with van der Waals surface area (Å²) >= 11 is 0. The van der Waals surface area contributed by atoms with Crippen LogP contribution in [0, 0.1) is 0 Å². The van der Waals surface area contributed by atoms with E-state index in [0.717, 1.165) is 6.92 Å². The van der Waals surface area contributed by atoms with Crippen LogP contribution in [0.3, 0.4) is 0 Å². The number of aliphatic hydroxyl groups excluding tert-OH is 1. The fourth-order valence-corrected chi connectivity index (χ4v) is 0.703. The predicted molar refractivity (Wildman–Crippen MR) is 45.9 cm³/mol. The Morgan fingerprint density at radius 2 is 2.15 bits per heavy atom. The molecule has 0 radical (unpaired) electrons. The van der Waals surface area contributed by atoms with E-state index in [2.05, 4.69) is 4.74 Å². The summed E-state index contributed by atoms with van der Waals surface area (Å²) in [6, 6.07) is -0.281. The van der Waals surface area contributed by atoms with Gasteiger partial charge in [-0.05, 0) is 12.8 Å². The average Bonchev–Trinajstić information content (AvgIpc) is 2.11. The second-order valence-corrected chi connectivity index (χ2v) is 2.78. The molecule has 5 heteroatoms. The molecule has 76 valence electrons. The Labute approximate surface area is 76.9 Å². The molecule has 1 atom stereocenters. The molecule has 0 saturated heterocycles. The molecule has 0 heterocycles. The molecule has 0 aliphatic rings. The largest absolute Gasteiger partial charge is 0.460 e. The van der Waals surface area contributed by atoms with Crippen molar-refractivity contribution in [2.45, 2.75) is 25.8 Å². The summed E-state index contributed by atoms with van der Waals surface area (Å²) < 4.78 is 4.57. The lowest BCUT2D eigenvalue weighted by Gasteiger charge is -2.07. The van der Waals surface area contributed by atoms with Crippen molar-refractivity contribution in [2.24, 2.45) is 5.73 Å². The molecule has 0 aromatic carbocycles. The zero-order chi connectivity index (χ0) is 10.3. The highest BCUT2D eigenvalue weighted by atomic mass is 16.5. The maximum absolute atomic E-state index is 10.6. The Balaban J connectivity index is 3.36. The van der Waals surface area contributed by atoms with Crippen molar-refractivity contribution in [3.63, 3.8) is 0 Å². The first-order chi connectivity index (χ1) is 6.07. The Kier molecular flexibility index (Phi) is 6.09. The van der Waals surface area contributed by atoms with Crippen LogP contribution >= 0.6 is 0 Å². The molecule has 0 rings (SSSR count). The van der Waals surface area contributed by atoms with Crippen molar-refractivity contribution in [2.75, 3.05) is 13.2 Å². The van der Waals surface area contributed by atoms with Gasteiger partial charge in [-0.3, -0.25) is 4.79 Å². The first-order valence-electron chi connectivity index (χ1n) is 4.12. The molecule has 5 nitrogen and oxygen atoms in total. The molecule has 0 aromatic rings. The van der Waals surface area contributed by atoms with Crippen molar-refractivity contribution in [3.8, 4) is 0 Å². The maximum Gasteiger partial charge on any atom is 0.374 e. The quantitative estimate of drug-likeness (QED) is 0.325. The predicted octanol–water partition coefficient (Wildman–Crippen LogP) is -0.782. The van der Waals surface area contributed by atoms with Gasteiger partial charge in [0.1, 0.15) is 0 Å². The highest BCUT2D eigenvalue weighted by Gasteiger charge is 2.08. The molecule has 0 amide bonds. The third kappa shape index (κ3) is 6.24. The zero-order valence-electron chi connectivity index (χ0n) is 7.66. The fourth-order valence-electron chi connectivity index (χ4n) is 0.703. The Morgan fingerprint density at radius 3 is 2.62 bits per heavy atom. The average molecular weight is 189 g/mol. The van der Waals surface area contributed by atoms with E-state index in [1.807, 2.05) is 0 Å². The standard InChI is InChI=1S/C8H15NO4/c1-6(11)8(12)13-4-2-3-7(9)5-10/h7,10H,2-5,9H2,1H3. The van der Waals surface area contributed by atoms with Gasteiger partial charge in [0.15, 0.2) is 0 Å². The topological polar surface area (TPSA) is 89.6 Å². The summed E-state index contributed by atoms with van der Waals surface area (Å²) in [4.78, 5) is 21.0. The van der Waals surface area contributed by atoms with Crippen LogP contribution in [0.4, 0.5) is 0 Å². The monoisotopic (exact) mass is 189 g/mol. The molecule has 0 saturated carbocycles. The number of aliphatic hydroxyl groups is 1. The highest BCUT2D eigenvalue weighted by molar-refractivity contribution is 6.32. The van der Waals surface area contributed by atoms with Crippen LogP contribution < -0.4 is 5.73 Å². The summed E-state index contributed by atoms with van der Waals surface area (Å²) in [6.45, 7) is 1.24. The first kappa shape index (κ1) is 12.1. The molecule has 13 heavy (non-hydrogen) atoms. The van der Waals surface area contributed by atoms with E-state index >= 15 is 0 Å². The number of nitrogens with two attached hydrogens (primary N) is 1. The van der Waals surface area contributed by atoms with Crippen LogP contribution in [0.2, 0.25) is 0 Å². The minimum absolute atomic E-state index is 0.0827. The number of esters is 1. The van der Waals surface area contributed by atoms with Crippen LogP contribution in [-0.4, -0.2) is 36.1 Å². The van der Waals surface area contributed by atoms with Gasteiger partial charge in [0.2, 0.25) is 5.78 Å². The Hall–Kier alpha value is -0.940. The number of ketones is 1. The number of hydrogen-bond donors (Lipinski definition) is 2. The zero-order valence-corrected chi connectivity index (χ0v) is 7.66. The van der Waals surface area contributed by atoms with Gasteiger partial charge in [0.05, 0.1) is 13.2 Å². The molecule has 0 aromatic heterocycles. The van der Waals surface area contributed by atoms with Gasteiger partial charge in [0, 0.05) is 13.0 Å². The minimum atomic E-state index is -0.822. The minimum Gasteiger partial charge on any atom is -0.460 e. The summed E-state index contributed by atoms with van der Waals surface area (Å²) in [7, 11) is 0. The van der Waals surface area contributed by atoms with Gasteiger partial charge in [-0.2, -0.15) is 0 Å². The highest BCUT2D eigenvalue weighted by Crippen LogP contribution is 1.94. The SMILES string of the molecule is CC(=O)C(=O)OCCCC(N)CO. The molecule has 0 spiro atoms. The van der Waals surface area contributed by atoms with Gasteiger partial charge in [-0.25, -0.2) is 4.79 Å². The molecule has 1 unspecified atom stereocenters. The number of rotatable bonds is 6. The van der Waals surface area contributed by atoms with Gasteiger partial charge in [-0.1, -0.05) is 0 Å². The third-order valence-electron chi connectivity index (χ3n) is 1.47. The number of carbonyl (C=O) groups is 2. The van der Waals surface area contributed by atoms with Crippen molar-refractivity contribution < 1.29 is 19.4 Å². The van der Waals surface area contributed by atoms with Gasteiger partial charge in [-0.15, -0.1) is 0 Å². The Bertz CT molecular complexity index is 181. The maximum atomic E-state index is 10.6. The first-order valence-corrected chi connectivity index (χ1v) is 4.12.